The Bertz CT molecular complexity index is 297. The number of aromatic nitrogens is 2. The molecular formula is C11H19N3. The molecule has 3 N–H and O–H groups in total. The first-order valence-electron chi connectivity index (χ1n) is 5.56. The molecule has 0 spiro atoms. The van der Waals surface area contributed by atoms with E-state index >= 15 is 0 Å². The highest BCUT2D eigenvalue weighted by Gasteiger charge is 2.15. The van der Waals surface area contributed by atoms with Crippen LogP contribution in [0.15, 0.2) is 0 Å². The van der Waals surface area contributed by atoms with Gasteiger partial charge >= 0.3 is 0 Å². The fraction of sp³-hybridized carbons (Fsp3) is 0.727. The zero-order chi connectivity index (χ0) is 9.97. The summed E-state index contributed by atoms with van der Waals surface area (Å²) in [6, 6.07) is 0. The van der Waals surface area contributed by atoms with Gasteiger partial charge in [-0.3, -0.25) is 0 Å². The average Bonchev–Trinajstić information content (AvgIpc) is 2.72. The largest absolute Gasteiger partial charge is 0.369 e. The van der Waals surface area contributed by atoms with Gasteiger partial charge in [0.2, 0.25) is 0 Å². The van der Waals surface area contributed by atoms with Crippen molar-refractivity contribution < 1.29 is 0 Å². The number of anilines is 1. The molecule has 0 saturated heterocycles. The smallest absolute Gasteiger partial charge is 0.197 e. The van der Waals surface area contributed by atoms with E-state index in [-0.39, 0.29) is 0 Å². The summed E-state index contributed by atoms with van der Waals surface area (Å²) in [6.45, 7) is 2.05. The zero-order valence-corrected chi connectivity index (χ0v) is 8.84. The number of hydrogen-bond acceptors (Lipinski definition) is 2. The molecule has 0 amide bonds. The Hall–Kier alpha value is -0.990. The lowest BCUT2D eigenvalue weighted by Gasteiger charge is -2.06. The highest BCUT2D eigenvalue weighted by Crippen LogP contribution is 2.28. The lowest BCUT2D eigenvalue weighted by Crippen LogP contribution is -1.98. The highest BCUT2D eigenvalue weighted by atomic mass is 15.0. The first-order valence-corrected chi connectivity index (χ1v) is 5.56. The third-order valence-corrected chi connectivity index (χ3v) is 3.27. The lowest BCUT2D eigenvalue weighted by atomic mass is 10.0. The molecule has 14 heavy (non-hydrogen) atoms. The maximum atomic E-state index is 5.60. The molecule has 0 atom stereocenters. The van der Waals surface area contributed by atoms with Crippen molar-refractivity contribution in [3.8, 4) is 0 Å². The third-order valence-electron chi connectivity index (χ3n) is 3.27. The van der Waals surface area contributed by atoms with Crippen LogP contribution in [0, 0.1) is 12.8 Å². The van der Waals surface area contributed by atoms with Crippen LogP contribution in [0.5, 0.6) is 0 Å². The summed E-state index contributed by atoms with van der Waals surface area (Å²) in [5.41, 5.74) is 7.90. The van der Waals surface area contributed by atoms with Gasteiger partial charge in [0.05, 0.1) is 5.69 Å². The van der Waals surface area contributed by atoms with Gasteiger partial charge in [-0.1, -0.05) is 25.7 Å². The van der Waals surface area contributed by atoms with Crippen LogP contribution in [-0.2, 0) is 6.42 Å². The molecule has 0 unspecified atom stereocenters. The Morgan fingerprint density at radius 1 is 1.43 bits per heavy atom. The number of imidazole rings is 1. The van der Waals surface area contributed by atoms with Crippen LogP contribution in [0.2, 0.25) is 0 Å². The van der Waals surface area contributed by atoms with Crippen LogP contribution in [0.25, 0.3) is 0 Å². The van der Waals surface area contributed by atoms with Crippen LogP contribution in [0.4, 0.5) is 5.95 Å². The summed E-state index contributed by atoms with van der Waals surface area (Å²) >= 11 is 0. The van der Waals surface area contributed by atoms with E-state index in [0.717, 1.165) is 23.7 Å². The summed E-state index contributed by atoms with van der Waals surface area (Å²) < 4.78 is 0. The molecule has 1 heterocycles. The Labute approximate surface area is 85.1 Å². The number of nitrogens with two attached hydrogens (primary N) is 1. The van der Waals surface area contributed by atoms with Crippen molar-refractivity contribution in [3.63, 3.8) is 0 Å². The van der Waals surface area contributed by atoms with E-state index in [1.165, 1.54) is 32.1 Å². The van der Waals surface area contributed by atoms with Crippen molar-refractivity contribution >= 4 is 5.95 Å². The van der Waals surface area contributed by atoms with Crippen LogP contribution in [0.3, 0.4) is 0 Å². The maximum Gasteiger partial charge on any atom is 0.197 e. The van der Waals surface area contributed by atoms with Crippen LogP contribution in [-0.4, -0.2) is 9.97 Å². The Balaban J connectivity index is 1.87. The van der Waals surface area contributed by atoms with Crippen molar-refractivity contribution in [1.82, 2.24) is 9.97 Å². The van der Waals surface area contributed by atoms with Gasteiger partial charge in [0, 0.05) is 5.69 Å². The number of H-pyrrole nitrogens is 1. The Morgan fingerprint density at radius 3 is 2.71 bits per heavy atom. The number of hydrogen-bond donors (Lipinski definition) is 2. The van der Waals surface area contributed by atoms with E-state index in [0.29, 0.717) is 5.95 Å². The van der Waals surface area contributed by atoms with Crippen molar-refractivity contribution in [1.29, 1.82) is 0 Å². The molecule has 2 rings (SSSR count). The van der Waals surface area contributed by atoms with Crippen LogP contribution >= 0.6 is 0 Å². The topological polar surface area (TPSA) is 54.7 Å². The third kappa shape index (κ3) is 2.08. The van der Waals surface area contributed by atoms with Crippen molar-refractivity contribution in [3.05, 3.63) is 11.4 Å². The molecule has 0 aromatic carbocycles. The Kier molecular flexibility index (Phi) is 2.75. The molecule has 3 nitrogen and oxygen atoms in total. The van der Waals surface area contributed by atoms with E-state index in [4.69, 9.17) is 5.73 Å². The molecule has 0 bridgehead atoms. The van der Waals surface area contributed by atoms with Crippen molar-refractivity contribution in [2.45, 2.75) is 45.4 Å². The van der Waals surface area contributed by atoms with Crippen LogP contribution in [0.1, 0.15) is 43.5 Å². The number of nitrogen functional groups attached to an aromatic ring is 1. The SMILES string of the molecule is Cc1[nH]c(N)nc1CCC1CCCC1. The van der Waals surface area contributed by atoms with E-state index in [1.54, 1.807) is 0 Å². The van der Waals surface area contributed by atoms with Crippen molar-refractivity contribution in [2.75, 3.05) is 5.73 Å². The van der Waals surface area contributed by atoms with Gasteiger partial charge in [-0.05, 0) is 25.7 Å². The number of nitrogens with one attached hydrogen (secondary N) is 1. The van der Waals surface area contributed by atoms with Crippen molar-refractivity contribution in [2.24, 2.45) is 5.92 Å². The predicted octanol–water partition coefficient (Wildman–Crippen LogP) is 2.42. The standard InChI is InChI=1S/C11H19N3/c1-8-10(14-11(12)13-8)7-6-9-4-2-3-5-9/h9H,2-7H2,1H3,(H3,12,13,14). The van der Waals surface area contributed by atoms with E-state index in [1.807, 2.05) is 6.92 Å². The minimum Gasteiger partial charge on any atom is -0.369 e. The minimum atomic E-state index is 0.559. The quantitative estimate of drug-likeness (QED) is 0.774. The molecule has 78 valence electrons. The molecule has 1 fully saturated rings. The number of aromatic amines is 1. The minimum absolute atomic E-state index is 0.559. The van der Waals surface area contributed by atoms with Gasteiger partial charge in [-0.15, -0.1) is 0 Å². The van der Waals surface area contributed by atoms with Gasteiger partial charge < -0.3 is 10.7 Å². The maximum absolute atomic E-state index is 5.60. The van der Waals surface area contributed by atoms with Gasteiger partial charge in [0.25, 0.3) is 0 Å². The second-order valence-electron chi connectivity index (χ2n) is 4.38. The molecule has 1 saturated carbocycles. The summed E-state index contributed by atoms with van der Waals surface area (Å²) in [5.74, 6) is 1.50. The first kappa shape index (κ1) is 9.56. The Morgan fingerprint density at radius 2 is 2.14 bits per heavy atom. The van der Waals surface area contributed by atoms with Gasteiger partial charge in [-0.25, -0.2) is 4.98 Å². The summed E-state index contributed by atoms with van der Waals surface area (Å²) in [7, 11) is 0. The normalized spacial score (nSPS) is 17.8. The van der Waals surface area contributed by atoms with Gasteiger partial charge in [-0.2, -0.15) is 0 Å². The number of rotatable bonds is 3. The molecule has 1 aliphatic carbocycles. The molecule has 3 heteroatoms. The second kappa shape index (κ2) is 4.03. The van der Waals surface area contributed by atoms with Gasteiger partial charge in [0.1, 0.15) is 0 Å². The molecule has 1 aromatic rings. The van der Waals surface area contributed by atoms with Crippen LogP contribution < -0.4 is 5.73 Å². The summed E-state index contributed by atoms with van der Waals surface area (Å²) in [6.07, 6.45) is 8.05. The second-order valence-corrected chi connectivity index (χ2v) is 4.38. The fourth-order valence-corrected chi connectivity index (χ4v) is 2.40. The van der Waals surface area contributed by atoms with Gasteiger partial charge in [0.15, 0.2) is 5.95 Å². The molecule has 0 radical (unpaired) electrons. The first-order chi connectivity index (χ1) is 6.75. The monoisotopic (exact) mass is 193 g/mol. The van der Waals surface area contributed by atoms with E-state index in [2.05, 4.69) is 9.97 Å². The summed E-state index contributed by atoms with van der Waals surface area (Å²) in [4.78, 5) is 7.34. The highest BCUT2D eigenvalue weighted by molar-refractivity contribution is 5.25. The van der Waals surface area contributed by atoms with E-state index < -0.39 is 0 Å². The fourth-order valence-electron chi connectivity index (χ4n) is 2.40. The number of nitrogens with zero attached hydrogens (tertiary/aromatic N) is 1. The zero-order valence-electron chi connectivity index (χ0n) is 8.84. The summed E-state index contributed by atoms with van der Waals surface area (Å²) in [5, 5.41) is 0. The molecule has 1 aliphatic rings. The number of aryl methyl sites for hydroxylation is 2. The molecule has 0 aliphatic heterocycles. The predicted molar refractivity (Wildman–Crippen MR) is 58.0 cm³/mol. The lowest BCUT2D eigenvalue weighted by molar-refractivity contribution is 0.500. The average molecular weight is 193 g/mol. The van der Waals surface area contributed by atoms with E-state index in [9.17, 15) is 0 Å². The molecule has 1 aromatic heterocycles. The molecular weight excluding hydrogens is 174 g/mol.